The van der Waals surface area contributed by atoms with Gasteiger partial charge in [-0.1, -0.05) is 12.1 Å². The second kappa shape index (κ2) is 7.48. The minimum Gasteiger partial charge on any atom is -0.493 e. The first-order valence-electron chi connectivity index (χ1n) is 8.79. The Morgan fingerprint density at radius 1 is 1.11 bits per heavy atom. The number of hydrogen-bond donors (Lipinski definition) is 2. The lowest BCUT2D eigenvalue weighted by atomic mass is 10.1. The molecule has 0 spiro atoms. The fourth-order valence-corrected chi connectivity index (χ4v) is 3.15. The minimum absolute atomic E-state index is 0.146. The summed E-state index contributed by atoms with van der Waals surface area (Å²) < 4.78 is 12.6. The number of rotatable bonds is 6. The fourth-order valence-electron chi connectivity index (χ4n) is 3.15. The summed E-state index contributed by atoms with van der Waals surface area (Å²) in [5, 5.41) is 4.22. The molecule has 2 aromatic heterocycles. The number of fused-ring (bicyclic) bond motifs is 1. The summed E-state index contributed by atoms with van der Waals surface area (Å²) in [6, 6.07) is 13.4. The maximum atomic E-state index is 12.5. The molecule has 0 saturated heterocycles. The molecule has 0 aliphatic carbocycles. The van der Waals surface area contributed by atoms with E-state index in [9.17, 15) is 4.79 Å². The van der Waals surface area contributed by atoms with Gasteiger partial charge in [-0.15, -0.1) is 0 Å². The Morgan fingerprint density at radius 2 is 1.89 bits per heavy atom. The highest BCUT2D eigenvalue weighted by Crippen LogP contribution is 2.31. The fraction of sp³-hybridized carbons (Fsp3) is 0.143. The van der Waals surface area contributed by atoms with Gasteiger partial charge in [0.25, 0.3) is 5.56 Å². The summed E-state index contributed by atoms with van der Waals surface area (Å²) >= 11 is 0. The van der Waals surface area contributed by atoms with E-state index in [0.717, 1.165) is 16.8 Å². The number of ether oxygens (including phenoxy) is 2. The molecule has 7 nitrogen and oxygen atoms in total. The van der Waals surface area contributed by atoms with Gasteiger partial charge in [0.2, 0.25) is 0 Å². The van der Waals surface area contributed by atoms with Crippen LogP contribution in [0.25, 0.3) is 16.6 Å². The molecule has 0 atom stereocenters. The van der Waals surface area contributed by atoms with Crippen molar-refractivity contribution in [2.24, 2.45) is 0 Å². The number of para-hydroxylation sites is 2. The van der Waals surface area contributed by atoms with Crippen molar-refractivity contribution in [1.29, 1.82) is 0 Å². The smallest absolute Gasteiger partial charge is 0.253 e. The summed E-state index contributed by atoms with van der Waals surface area (Å²) in [6.45, 7) is 0.380. The summed E-state index contributed by atoms with van der Waals surface area (Å²) in [6.07, 6.45) is 5.35. The van der Waals surface area contributed by atoms with Crippen LogP contribution in [0.3, 0.4) is 0 Å². The first-order chi connectivity index (χ1) is 13.7. The van der Waals surface area contributed by atoms with Crippen LogP contribution in [0.15, 0.2) is 66.0 Å². The highest BCUT2D eigenvalue weighted by atomic mass is 16.5. The Balaban J connectivity index is 1.66. The average Bonchev–Trinajstić information content (AvgIpc) is 3.26. The quantitative estimate of drug-likeness (QED) is 0.539. The number of methoxy groups -OCH3 is 2. The number of benzene rings is 2. The van der Waals surface area contributed by atoms with Gasteiger partial charge < -0.3 is 24.3 Å². The molecule has 2 aromatic carbocycles. The van der Waals surface area contributed by atoms with Gasteiger partial charge in [-0.3, -0.25) is 4.79 Å². The molecule has 7 heteroatoms. The first-order valence-corrected chi connectivity index (χ1v) is 8.79. The molecule has 0 aliphatic rings. The molecule has 0 radical (unpaired) electrons. The first kappa shape index (κ1) is 17.7. The van der Waals surface area contributed by atoms with Gasteiger partial charge in [-0.25, -0.2) is 4.98 Å². The normalized spacial score (nSPS) is 10.8. The molecule has 0 unspecified atom stereocenters. The van der Waals surface area contributed by atoms with Crippen molar-refractivity contribution < 1.29 is 9.47 Å². The van der Waals surface area contributed by atoms with Gasteiger partial charge in [0.05, 0.1) is 37.4 Å². The standard InChI is InChI=1S/C21H20N4O3/c1-27-19-10-14-9-15(21(26)24-17(14)11-20(19)28-2)12-23-16-5-3-4-6-18(16)25-8-7-22-13-25/h3-11,13,23H,12H2,1-2H3,(H,24,26). The van der Waals surface area contributed by atoms with Crippen molar-refractivity contribution in [3.05, 3.63) is 77.1 Å². The van der Waals surface area contributed by atoms with Crippen LogP contribution in [-0.2, 0) is 6.54 Å². The Morgan fingerprint density at radius 3 is 2.64 bits per heavy atom. The number of aromatic amines is 1. The predicted molar refractivity (Wildman–Crippen MR) is 109 cm³/mol. The number of pyridine rings is 1. The number of aromatic nitrogens is 3. The molecule has 0 amide bonds. The molecule has 2 N–H and O–H groups in total. The zero-order chi connectivity index (χ0) is 19.5. The van der Waals surface area contributed by atoms with Crippen LogP contribution in [-0.4, -0.2) is 28.8 Å². The number of nitrogens with zero attached hydrogens (tertiary/aromatic N) is 2. The molecule has 2 heterocycles. The summed E-state index contributed by atoms with van der Waals surface area (Å²) in [5.41, 5.74) is 3.05. The van der Waals surface area contributed by atoms with E-state index in [0.29, 0.717) is 29.1 Å². The molecule has 0 aliphatic heterocycles. The molecule has 4 rings (SSSR count). The Kier molecular flexibility index (Phi) is 4.72. The number of imidazole rings is 1. The van der Waals surface area contributed by atoms with E-state index in [1.165, 1.54) is 0 Å². The van der Waals surface area contributed by atoms with Crippen molar-refractivity contribution in [3.8, 4) is 17.2 Å². The van der Waals surface area contributed by atoms with Crippen LogP contribution in [0.2, 0.25) is 0 Å². The number of anilines is 1. The van der Waals surface area contributed by atoms with Crippen LogP contribution in [0, 0.1) is 0 Å². The van der Waals surface area contributed by atoms with Crippen LogP contribution in [0.1, 0.15) is 5.56 Å². The average molecular weight is 376 g/mol. The molecular formula is C21H20N4O3. The topological polar surface area (TPSA) is 81.2 Å². The van der Waals surface area contributed by atoms with Gasteiger partial charge in [0.15, 0.2) is 11.5 Å². The lowest BCUT2D eigenvalue weighted by molar-refractivity contribution is 0.356. The zero-order valence-corrected chi connectivity index (χ0v) is 15.6. The number of nitrogens with one attached hydrogen (secondary N) is 2. The third-order valence-corrected chi connectivity index (χ3v) is 4.58. The maximum Gasteiger partial charge on any atom is 0.253 e. The van der Waals surface area contributed by atoms with Gasteiger partial charge in [-0.05, 0) is 24.3 Å². The lowest BCUT2D eigenvalue weighted by Gasteiger charge is -2.13. The van der Waals surface area contributed by atoms with Crippen molar-refractivity contribution >= 4 is 16.6 Å². The van der Waals surface area contributed by atoms with E-state index in [1.54, 1.807) is 32.8 Å². The number of H-pyrrole nitrogens is 1. The van der Waals surface area contributed by atoms with Gasteiger partial charge in [0, 0.05) is 36.0 Å². The second-order valence-corrected chi connectivity index (χ2v) is 6.26. The summed E-state index contributed by atoms with van der Waals surface area (Å²) in [4.78, 5) is 19.6. The Labute approximate surface area is 161 Å². The largest absolute Gasteiger partial charge is 0.493 e. The molecule has 0 fully saturated rings. The molecule has 4 aromatic rings. The van der Waals surface area contributed by atoms with E-state index in [-0.39, 0.29) is 5.56 Å². The highest BCUT2D eigenvalue weighted by Gasteiger charge is 2.10. The van der Waals surface area contributed by atoms with E-state index in [2.05, 4.69) is 15.3 Å². The van der Waals surface area contributed by atoms with Crippen LogP contribution >= 0.6 is 0 Å². The van der Waals surface area contributed by atoms with E-state index < -0.39 is 0 Å². The minimum atomic E-state index is -0.146. The lowest BCUT2D eigenvalue weighted by Crippen LogP contribution is -2.16. The van der Waals surface area contributed by atoms with Gasteiger partial charge in [0.1, 0.15) is 0 Å². The van der Waals surface area contributed by atoms with Crippen molar-refractivity contribution in [2.75, 3.05) is 19.5 Å². The van der Waals surface area contributed by atoms with Crippen LogP contribution in [0.4, 0.5) is 5.69 Å². The van der Waals surface area contributed by atoms with Crippen molar-refractivity contribution in [1.82, 2.24) is 14.5 Å². The molecule has 0 bridgehead atoms. The van der Waals surface area contributed by atoms with E-state index >= 15 is 0 Å². The molecule has 142 valence electrons. The Hall–Kier alpha value is -3.74. The third kappa shape index (κ3) is 3.29. The van der Waals surface area contributed by atoms with Crippen LogP contribution in [0.5, 0.6) is 11.5 Å². The third-order valence-electron chi connectivity index (χ3n) is 4.58. The van der Waals surface area contributed by atoms with Gasteiger partial charge in [-0.2, -0.15) is 0 Å². The molecule has 28 heavy (non-hydrogen) atoms. The Bertz CT molecular complexity index is 1170. The molecular weight excluding hydrogens is 356 g/mol. The monoisotopic (exact) mass is 376 g/mol. The van der Waals surface area contributed by atoms with Gasteiger partial charge >= 0.3 is 0 Å². The second-order valence-electron chi connectivity index (χ2n) is 6.26. The maximum absolute atomic E-state index is 12.5. The summed E-state index contributed by atoms with van der Waals surface area (Å²) in [5.74, 6) is 1.19. The van der Waals surface area contributed by atoms with Crippen molar-refractivity contribution in [3.63, 3.8) is 0 Å². The highest BCUT2D eigenvalue weighted by molar-refractivity contribution is 5.83. The SMILES string of the molecule is COc1cc2cc(CNc3ccccc3-n3ccnc3)c(=O)[nH]c2cc1OC. The van der Waals surface area contributed by atoms with E-state index in [4.69, 9.17) is 9.47 Å². The molecule has 0 saturated carbocycles. The zero-order valence-electron chi connectivity index (χ0n) is 15.6. The number of hydrogen-bond acceptors (Lipinski definition) is 5. The van der Waals surface area contributed by atoms with E-state index in [1.807, 2.05) is 47.2 Å². The van der Waals surface area contributed by atoms with Crippen LogP contribution < -0.4 is 20.3 Å². The predicted octanol–water partition coefficient (Wildman–Crippen LogP) is 3.34. The van der Waals surface area contributed by atoms with Crippen molar-refractivity contribution in [2.45, 2.75) is 6.54 Å². The summed E-state index contributed by atoms with van der Waals surface area (Å²) in [7, 11) is 3.16.